The van der Waals surface area contributed by atoms with E-state index in [9.17, 15) is 18.4 Å². The first-order valence-corrected chi connectivity index (χ1v) is 7.30. The Hall–Kier alpha value is -2.90. The van der Waals surface area contributed by atoms with Gasteiger partial charge in [-0.25, -0.2) is 4.79 Å². The summed E-state index contributed by atoms with van der Waals surface area (Å²) in [5.74, 6) is -1.12. The molecule has 1 aromatic carbocycles. The Kier molecular flexibility index (Phi) is 8.70. The lowest BCUT2D eigenvalue weighted by molar-refractivity contribution is -0.143. The van der Waals surface area contributed by atoms with Crippen LogP contribution in [0.1, 0.15) is 12.5 Å². The maximum absolute atomic E-state index is 12.3. The van der Waals surface area contributed by atoms with E-state index in [1.54, 1.807) is 19.1 Å². The number of hydrogen-bond donors (Lipinski definition) is 1. The van der Waals surface area contributed by atoms with E-state index in [4.69, 9.17) is 9.47 Å². The summed E-state index contributed by atoms with van der Waals surface area (Å²) in [5, 5.41) is 2.53. The second-order valence-corrected chi connectivity index (χ2v) is 4.63. The average Bonchev–Trinajstić information content (AvgIpc) is 2.58. The van der Waals surface area contributed by atoms with E-state index in [1.165, 1.54) is 37.5 Å². The number of benzene rings is 1. The second kappa shape index (κ2) is 10.8. The quantitative estimate of drug-likeness (QED) is 0.419. The molecule has 0 spiro atoms. The summed E-state index contributed by atoms with van der Waals surface area (Å²) in [4.78, 5) is 22.9. The fourth-order valence-corrected chi connectivity index (χ4v) is 1.70. The Labute approximate surface area is 144 Å². The molecular formula is C17H19F2NO5. The molecule has 1 amide bonds. The van der Waals surface area contributed by atoms with Crippen molar-refractivity contribution in [1.29, 1.82) is 0 Å². The summed E-state index contributed by atoms with van der Waals surface area (Å²) in [5.41, 5.74) is 0.603. The maximum Gasteiger partial charge on any atom is 0.387 e. The molecule has 0 aromatic heterocycles. The fourth-order valence-electron chi connectivity index (χ4n) is 1.70. The number of allylic oxidation sites excluding steroid dienone is 3. The van der Waals surface area contributed by atoms with Gasteiger partial charge in [0.25, 0.3) is 5.91 Å². The first-order chi connectivity index (χ1) is 12.0. The zero-order valence-electron chi connectivity index (χ0n) is 13.8. The summed E-state index contributed by atoms with van der Waals surface area (Å²) < 4.78 is 38.5. The molecule has 0 aliphatic carbocycles. The second-order valence-electron chi connectivity index (χ2n) is 4.63. The third-order valence-electron chi connectivity index (χ3n) is 2.82. The fraction of sp³-hybridized carbons (Fsp3) is 0.294. The van der Waals surface area contributed by atoms with E-state index in [2.05, 4.69) is 10.1 Å². The summed E-state index contributed by atoms with van der Waals surface area (Å²) >= 11 is 0. The van der Waals surface area contributed by atoms with Crippen molar-refractivity contribution >= 4 is 11.9 Å². The Morgan fingerprint density at radius 3 is 2.64 bits per heavy atom. The highest BCUT2D eigenvalue weighted by Crippen LogP contribution is 2.29. The number of alkyl halides is 2. The van der Waals surface area contributed by atoms with Gasteiger partial charge < -0.3 is 19.5 Å². The molecule has 0 saturated carbocycles. The van der Waals surface area contributed by atoms with Crippen LogP contribution in [-0.2, 0) is 20.9 Å². The highest BCUT2D eigenvalue weighted by Gasteiger charge is 2.11. The van der Waals surface area contributed by atoms with Crippen molar-refractivity contribution in [2.75, 3.05) is 13.7 Å². The van der Waals surface area contributed by atoms with Gasteiger partial charge in [-0.15, -0.1) is 0 Å². The molecule has 0 saturated heterocycles. The highest BCUT2D eigenvalue weighted by molar-refractivity contribution is 5.85. The summed E-state index contributed by atoms with van der Waals surface area (Å²) in [6.45, 7) is -1.49. The molecule has 8 heteroatoms. The standard InChI is InChI=1S/C17H19F2NO5/c1-3-4-5-6-16(22)24-11-15(21)20-10-12-7-8-13(25-17(18)19)14(9-12)23-2/h3-9,17H,10-11H2,1-2H3,(H,20,21)/b4-3+,6-5+. The third kappa shape index (κ3) is 7.96. The molecule has 1 N–H and O–H groups in total. The Morgan fingerprint density at radius 2 is 2.00 bits per heavy atom. The van der Waals surface area contributed by atoms with Gasteiger partial charge >= 0.3 is 12.6 Å². The van der Waals surface area contributed by atoms with Crippen molar-refractivity contribution in [3.63, 3.8) is 0 Å². The highest BCUT2D eigenvalue weighted by atomic mass is 19.3. The summed E-state index contributed by atoms with van der Waals surface area (Å²) in [6, 6.07) is 4.29. The van der Waals surface area contributed by atoms with E-state index >= 15 is 0 Å². The van der Waals surface area contributed by atoms with Crippen LogP contribution in [0.25, 0.3) is 0 Å². The van der Waals surface area contributed by atoms with E-state index in [-0.39, 0.29) is 18.0 Å². The van der Waals surface area contributed by atoms with Gasteiger partial charge in [0, 0.05) is 12.6 Å². The molecule has 0 aliphatic rings. The van der Waals surface area contributed by atoms with Gasteiger partial charge in [0.2, 0.25) is 0 Å². The maximum atomic E-state index is 12.3. The number of halogens is 2. The number of carbonyl (C=O) groups is 2. The van der Waals surface area contributed by atoms with Gasteiger partial charge in [0.05, 0.1) is 7.11 Å². The van der Waals surface area contributed by atoms with E-state index in [1.807, 2.05) is 0 Å². The van der Waals surface area contributed by atoms with Crippen molar-refractivity contribution in [3.8, 4) is 11.5 Å². The summed E-state index contributed by atoms with van der Waals surface area (Å²) in [6.07, 6.45) is 6.08. The molecule has 25 heavy (non-hydrogen) atoms. The molecule has 0 atom stereocenters. The largest absolute Gasteiger partial charge is 0.493 e. The van der Waals surface area contributed by atoms with E-state index in [0.717, 1.165) is 0 Å². The molecular weight excluding hydrogens is 336 g/mol. The molecule has 136 valence electrons. The first-order valence-electron chi connectivity index (χ1n) is 7.30. The normalized spacial score (nSPS) is 11.1. The molecule has 0 aliphatic heterocycles. The topological polar surface area (TPSA) is 73.9 Å². The molecule has 6 nitrogen and oxygen atoms in total. The number of esters is 1. The minimum atomic E-state index is -2.96. The number of methoxy groups -OCH3 is 1. The van der Waals surface area contributed by atoms with Crippen LogP contribution >= 0.6 is 0 Å². The van der Waals surface area contributed by atoms with Crippen molar-refractivity contribution in [2.24, 2.45) is 0 Å². The number of hydrogen-bond acceptors (Lipinski definition) is 5. The van der Waals surface area contributed by atoms with E-state index in [0.29, 0.717) is 5.56 Å². The molecule has 0 bridgehead atoms. The molecule has 0 fully saturated rings. The molecule has 1 rings (SSSR count). The van der Waals surface area contributed by atoms with Crippen LogP contribution in [-0.4, -0.2) is 32.2 Å². The minimum absolute atomic E-state index is 0.102. The lowest BCUT2D eigenvalue weighted by Gasteiger charge is -2.12. The van der Waals surface area contributed by atoms with Crippen molar-refractivity contribution < 1.29 is 32.6 Å². The van der Waals surface area contributed by atoms with Crippen LogP contribution in [0.2, 0.25) is 0 Å². The monoisotopic (exact) mass is 355 g/mol. The average molecular weight is 355 g/mol. The van der Waals surface area contributed by atoms with Gasteiger partial charge in [-0.3, -0.25) is 4.79 Å². The van der Waals surface area contributed by atoms with E-state index < -0.39 is 25.1 Å². The van der Waals surface area contributed by atoms with Crippen LogP contribution in [0.3, 0.4) is 0 Å². The lowest BCUT2D eigenvalue weighted by Crippen LogP contribution is -2.28. The zero-order chi connectivity index (χ0) is 18.7. The van der Waals surface area contributed by atoms with Gasteiger partial charge in [-0.2, -0.15) is 8.78 Å². The van der Waals surface area contributed by atoms with Crippen molar-refractivity contribution in [2.45, 2.75) is 20.1 Å². The number of rotatable bonds is 9. The predicted molar refractivity (Wildman–Crippen MR) is 86.4 cm³/mol. The van der Waals surface area contributed by atoms with Gasteiger partial charge in [-0.05, 0) is 24.6 Å². The lowest BCUT2D eigenvalue weighted by atomic mass is 10.2. The molecule has 0 radical (unpaired) electrons. The minimum Gasteiger partial charge on any atom is -0.493 e. The van der Waals surface area contributed by atoms with Crippen LogP contribution in [0, 0.1) is 0 Å². The van der Waals surface area contributed by atoms with Crippen molar-refractivity contribution in [3.05, 3.63) is 48.1 Å². The SMILES string of the molecule is C/C=C/C=C/C(=O)OCC(=O)NCc1ccc(OC(F)F)c(OC)c1. The van der Waals surface area contributed by atoms with Gasteiger partial charge in [0.1, 0.15) is 0 Å². The van der Waals surface area contributed by atoms with Crippen LogP contribution in [0.4, 0.5) is 8.78 Å². The number of carbonyl (C=O) groups excluding carboxylic acids is 2. The molecule has 0 unspecified atom stereocenters. The summed E-state index contributed by atoms with van der Waals surface area (Å²) in [7, 11) is 1.32. The number of nitrogens with one attached hydrogen (secondary N) is 1. The van der Waals surface area contributed by atoms with Crippen LogP contribution in [0.5, 0.6) is 11.5 Å². The zero-order valence-corrected chi connectivity index (χ0v) is 13.8. The Bertz CT molecular complexity index is 644. The third-order valence-corrected chi connectivity index (χ3v) is 2.82. The van der Waals surface area contributed by atoms with Crippen LogP contribution in [0.15, 0.2) is 42.5 Å². The Balaban J connectivity index is 2.49. The smallest absolute Gasteiger partial charge is 0.387 e. The molecule has 0 heterocycles. The Morgan fingerprint density at radius 1 is 1.24 bits per heavy atom. The van der Waals surface area contributed by atoms with Gasteiger partial charge in [0.15, 0.2) is 18.1 Å². The van der Waals surface area contributed by atoms with Gasteiger partial charge in [-0.1, -0.05) is 24.3 Å². The van der Waals surface area contributed by atoms with Crippen molar-refractivity contribution in [1.82, 2.24) is 5.32 Å². The van der Waals surface area contributed by atoms with Crippen LogP contribution < -0.4 is 14.8 Å². The number of amides is 1. The molecule has 1 aromatic rings. The first kappa shape index (κ1) is 20.1. The predicted octanol–water partition coefficient (Wildman–Crippen LogP) is 2.59. The number of ether oxygens (including phenoxy) is 3.